The molecular formula is C12H18O5S. The normalized spacial score (nSPS) is 11.1. The molecule has 0 amide bonds. The van der Waals surface area contributed by atoms with Gasteiger partial charge in [-0.25, -0.2) is 4.79 Å². The fraction of sp³-hybridized carbons (Fsp3) is 0.583. The van der Waals surface area contributed by atoms with Crippen LogP contribution in [0.3, 0.4) is 0 Å². The van der Waals surface area contributed by atoms with E-state index in [1.807, 2.05) is 20.8 Å². The molecule has 0 radical (unpaired) electrons. The average Bonchev–Trinajstić information content (AvgIpc) is 2.71. The van der Waals surface area contributed by atoms with Crippen molar-refractivity contribution in [1.29, 1.82) is 0 Å². The fourth-order valence-corrected chi connectivity index (χ4v) is 1.77. The number of thiophene rings is 1. The highest BCUT2D eigenvalue weighted by Gasteiger charge is 2.10. The molecule has 102 valence electrons. The number of carbonyl (C=O) groups is 1. The molecule has 0 aliphatic rings. The SMILES string of the molecule is COC(=O)Oc1ccc(OCCOC(C)(C)C)s1. The minimum absolute atomic E-state index is 0.169. The van der Waals surface area contributed by atoms with E-state index in [1.165, 1.54) is 18.4 Å². The third-order valence-corrected chi connectivity index (χ3v) is 2.65. The van der Waals surface area contributed by atoms with Crippen molar-refractivity contribution >= 4 is 17.5 Å². The summed E-state index contributed by atoms with van der Waals surface area (Å²) in [5, 5.41) is 1.11. The molecule has 1 heterocycles. The second kappa shape index (κ2) is 6.61. The number of carbonyl (C=O) groups excluding carboxylic acids is 1. The largest absolute Gasteiger partial charge is 0.514 e. The lowest BCUT2D eigenvalue weighted by atomic mass is 10.2. The molecule has 18 heavy (non-hydrogen) atoms. The zero-order valence-corrected chi connectivity index (χ0v) is 11.8. The lowest BCUT2D eigenvalue weighted by Gasteiger charge is -2.19. The smallest absolute Gasteiger partial charge is 0.481 e. The van der Waals surface area contributed by atoms with Crippen LogP contribution in [0.4, 0.5) is 4.79 Å². The summed E-state index contributed by atoms with van der Waals surface area (Å²) in [5.74, 6) is 0. The first-order valence-electron chi connectivity index (χ1n) is 5.53. The van der Waals surface area contributed by atoms with Crippen LogP contribution in [-0.4, -0.2) is 32.1 Å². The van der Waals surface area contributed by atoms with Crippen LogP contribution in [0, 0.1) is 0 Å². The Morgan fingerprint density at radius 1 is 1.22 bits per heavy atom. The Morgan fingerprint density at radius 3 is 2.50 bits per heavy atom. The summed E-state index contributed by atoms with van der Waals surface area (Å²) in [6.45, 7) is 6.92. The number of hydrogen-bond acceptors (Lipinski definition) is 6. The van der Waals surface area contributed by atoms with Gasteiger partial charge in [0.25, 0.3) is 0 Å². The molecule has 0 saturated carbocycles. The molecule has 0 aliphatic heterocycles. The molecule has 0 N–H and O–H groups in total. The van der Waals surface area contributed by atoms with E-state index in [2.05, 4.69) is 4.74 Å². The van der Waals surface area contributed by atoms with Gasteiger partial charge in [0, 0.05) is 0 Å². The summed E-state index contributed by atoms with van der Waals surface area (Å²) in [7, 11) is 1.26. The van der Waals surface area contributed by atoms with Gasteiger partial charge in [0.05, 0.1) is 19.3 Å². The Morgan fingerprint density at radius 2 is 1.89 bits per heavy atom. The van der Waals surface area contributed by atoms with E-state index >= 15 is 0 Å². The standard InChI is InChI=1S/C12H18O5S/c1-12(2,3)16-8-7-15-9-5-6-10(18-9)17-11(13)14-4/h5-6H,7-8H2,1-4H3. The van der Waals surface area contributed by atoms with Gasteiger partial charge in [-0.05, 0) is 32.9 Å². The van der Waals surface area contributed by atoms with Gasteiger partial charge in [-0.3, -0.25) is 0 Å². The maximum atomic E-state index is 10.9. The Balaban J connectivity index is 2.29. The highest BCUT2D eigenvalue weighted by Crippen LogP contribution is 2.31. The van der Waals surface area contributed by atoms with Gasteiger partial charge in [-0.15, -0.1) is 0 Å². The molecule has 0 aliphatic carbocycles. The van der Waals surface area contributed by atoms with Crippen molar-refractivity contribution in [2.24, 2.45) is 0 Å². The molecule has 6 heteroatoms. The second-order valence-electron chi connectivity index (χ2n) is 4.44. The molecule has 0 unspecified atom stereocenters. The summed E-state index contributed by atoms with van der Waals surface area (Å²) in [6.07, 6.45) is -0.737. The van der Waals surface area contributed by atoms with Crippen molar-refractivity contribution in [2.45, 2.75) is 26.4 Å². The van der Waals surface area contributed by atoms with E-state index in [0.717, 1.165) is 0 Å². The molecule has 1 aromatic heterocycles. The van der Waals surface area contributed by atoms with E-state index in [1.54, 1.807) is 12.1 Å². The lowest BCUT2D eigenvalue weighted by Crippen LogP contribution is -2.22. The maximum Gasteiger partial charge on any atom is 0.514 e. The molecule has 0 spiro atoms. The number of ether oxygens (including phenoxy) is 4. The van der Waals surface area contributed by atoms with Crippen molar-refractivity contribution in [3.63, 3.8) is 0 Å². The fourth-order valence-electron chi connectivity index (χ4n) is 1.05. The van der Waals surface area contributed by atoms with Crippen LogP contribution >= 0.6 is 11.3 Å². The van der Waals surface area contributed by atoms with Gasteiger partial charge in [-0.2, -0.15) is 0 Å². The summed E-state index contributed by atoms with van der Waals surface area (Å²) >= 11 is 1.23. The summed E-state index contributed by atoms with van der Waals surface area (Å²) in [4.78, 5) is 10.9. The van der Waals surface area contributed by atoms with Gasteiger partial charge < -0.3 is 18.9 Å². The molecular weight excluding hydrogens is 256 g/mol. The van der Waals surface area contributed by atoms with Gasteiger partial charge >= 0.3 is 6.16 Å². The van der Waals surface area contributed by atoms with Crippen molar-refractivity contribution in [1.82, 2.24) is 0 Å². The lowest BCUT2D eigenvalue weighted by molar-refractivity contribution is -0.0158. The molecule has 1 aromatic rings. The molecule has 5 nitrogen and oxygen atoms in total. The molecule has 0 fully saturated rings. The van der Waals surface area contributed by atoms with Crippen LogP contribution in [0.5, 0.6) is 10.1 Å². The van der Waals surface area contributed by atoms with E-state index in [4.69, 9.17) is 14.2 Å². The average molecular weight is 274 g/mol. The first kappa shape index (κ1) is 14.8. The first-order valence-corrected chi connectivity index (χ1v) is 6.35. The molecule has 0 saturated heterocycles. The molecule has 0 atom stereocenters. The minimum atomic E-state index is -0.737. The summed E-state index contributed by atoms with van der Waals surface area (Å²) < 4.78 is 20.2. The van der Waals surface area contributed by atoms with E-state index in [0.29, 0.717) is 23.3 Å². The molecule has 1 rings (SSSR count). The maximum absolute atomic E-state index is 10.9. The quantitative estimate of drug-likeness (QED) is 0.610. The Kier molecular flexibility index (Phi) is 5.43. The molecule has 0 aromatic carbocycles. The van der Waals surface area contributed by atoms with E-state index in [9.17, 15) is 4.79 Å². The third-order valence-electron chi connectivity index (χ3n) is 1.77. The highest BCUT2D eigenvalue weighted by atomic mass is 32.1. The van der Waals surface area contributed by atoms with Crippen molar-refractivity contribution in [3.8, 4) is 10.1 Å². The zero-order valence-electron chi connectivity index (χ0n) is 11.0. The monoisotopic (exact) mass is 274 g/mol. The predicted molar refractivity (Wildman–Crippen MR) is 68.6 cm³/mol. The number of hydrogen-bond donors (Lipinski definition) is 0. The predicted octanol–water partition coefficient (Wildman–Crippen LogP) is 3.09. The van der Waals surface area contributed by atoms with Gasteiger partial charge in [0.15, 0.2) is 10.1 Å². The van der Waals surface area contributed by atoms with Crippen LogP contribution < -0.4 is 9.47 Å². The zero-order chi connectivity index (χ0) is 13.6. The molecule has 0 bridgehead atoms. The van der Waals surface area contributed by atoms with Crippen LogP contribution in [0.2, 0.25) is 0 Å². The van der Waals surface area contributed by atoms with Crippen LogP contribution in [0.25, 0.3) is 0 Å². The van der Waals surface area contributed by atoms with Crippen molar-refractivity contribution < 1.29 is 23.7 Å². The van der Waals surface area contributed by atoms with E-state index < -0.39 is 6.16 Å². The van der Waals surface area contributed by atoms with Crippen LogP contribution in [-0.2, 0) is 9.47 Å². The van der Waals surface area contributed by atoms with Crippen LogP contribution in [0.1, 0.15) is 20.8 Å². The first-order chi connectivity index (χ1) is 8.40. The third kappa shape index (κ3) is 5.88. The van der Waals surface area contributed by atoms with Gasteiger partial charge in [-0.1, -0.05) is 11.3 Å². The minimum Gasteiger partial charge on any atom is -0.481 e. The van der Waals surface area contributed by atoms with Crippen LogP contribution in [0.15, 0.2) is 12.1 Å². The van der Waals surface area contributed by atoms with Gasteiger partial charge in [0.1, 0.15) is 6.61 Å². The van der Waals surface area contributed by atoms with Crippen molar-refractivity contribution in [2.75, 3.05) is 20.3 Å². The van der Waals surface area contributed by atoms with Gasteiger partial charge in [0.2, 0.25) is 0 Å². The number of methoxy groups -OCH3 is 1. The summed E-state index contributed by atoms with van der Waals surface area (Å²) in [5.41, 5.74) is -0.169. The Bertz CT molecular complexity index is 380. The number of rotatable bonds is 5. The Hall–Kier alpha value is -1.27. The second-order valence-corrected chi connectivity index (χ2v) is 5.45. The Labute approximate surface area is 111 Å². The van der Waals surface area contributed by atoms with Crippen molar-refractivity contribution in [3.05, 3.63) is 12.1 Å². The highest BCUT2D eigenvalue weighted by molar-refractivity contribution is 7.15. The topological polar surface area (TPSA) is 54.0 Å². The summed E-state index contributed by atoms with van der Waals surface area (Å²) in [6, 6.07) is 3.39. The van der Waals surface area contributed by atoms with E-state index in [-0.39, 0.29) is 5.60 Å².